The van der Waals surface area contributed by atoms with Gasteiger partial charge in [-0.1, -0.05) is 6.42 Å². The van der Waals surface area contributed by atoms with Gasteiger partial charge in [-0.3, -0.25) is 9.59 Å². The molecule has 0 radical (unpaired) electrons. The maximum Gasteiger partial charge on any atom is 0.309 e. The normalized spacial score (nSPS) is 21.8. The van der Waals surface area contributed by atoms with Crippen LogP contribution in [0.25, 0.3) is 0 Å². The fourth-order valence-corrected chi connectivity index (χ4v) is 2.62. The van der Waals surface area contributed by atoms with Crippen LogP contribution in [-0.4, -0.2) is 24.5 Å². The number of carbonyl (C=O) groups is 2. The highest BCUT2D eigenvalue weighted by atomic mass is 16.5. The fraction of sp³-hybridized carbons (Fsp3) is 0.438. The fourth-order valence-electron chi connectivity index (χ4n) is 2.62. The first-order valence-electron chi connectivity index (χ1n) is 7.21. The van der Waals surface area contributed by atoms with E-state index in [9.17, 15) is 9.59 Å². The van der Waals surface area contributed by atoms with Gasteiger partial charge in [-0.25, -0.2) is 0 Å². The van der Waals surface area contributed by atoms with Crippen molar-refractivity contribution in [3.63, 3.8) is 0 Å². The van der Waals surface area contributed by atoms with Crippen LogP contribution >= 0.6 is 0 Å². The van der Waals surface area contributed by atoms with Crippen LogP contribution in [0.4, 0.5) is 5.69 Å². The zero-order chi connectivity index (χ0) is 14.8. The Bertz CT molecular complexity index is 599. The van der Waals surface area contributed by atoms with E-state index in [-0.39, 0.29) is 17.8 Å². The minimum atomic E-state index is -0.659. The molecule has 5 nitrogen and oxygen atoms in total. The molecule has 108 valence electrons. The summed E-state index contributed by atoms with van der Waals surface area (Å²) in [7, 11) is 0. The molecule has 1 heterocycles. The maximum atomic E-state index is 12.3. The van der Waals surface area contributed by atoms with Crippen LogP contribution in [0.2, 0.25) is 0 Å². The molecule has 1 aromatic carbocycles. The summed E-state index contributed by atoms with van der Waals surface area (Å²) in [5.74, 6) is -0.421. The molecule has 3 rings (SSSR count). The van der Waals surface area contributed by atoms with Crippen LogP contribution in [-0.2, 0) is 14.3 Å². The van der Waals surface area contributed by atoms with E-state index in [4.69, 9.17) is 10.00 Å². The second kappa shape index (κ2) is 5.57. The third-order valence-corrected chi connectivity index (χ3v) is 4.16. The van der Waals surface area contributed by atoms with Crippen molar-refractivity contribution in [3.8, 4) is 6.07 Å². The van der Waals surface area contributed by atoms with Crippen molar-refractivity contribution in [3.05, 3.63) is 29.8 Å². The highest BCUT2D eigenvalue weighted by Crippen LogP contribution is 2.30. The molecule has 2 fully saturated rings. The number of esters is 1. The van der Waals surface area contributed by atoms with Gasteiger partial charge in [-0.2, -0.15) is 5.26 Å². The van der Waals surface area contributed by atoms with E-state index in [1.807, 2.05) is 6.07 Å². The Labute approximate surface area is 123 Å². The monoisotopic (exact) mass is 284 g/mol. The minimum absolute atomic E-state index is 0.0123. The van der Waals surface area contributed by atoms with Crippen molar-refractivity contribution < 1.29 is 14.3 Å². The van der Waals surface area contributed by atoms with Gasteiger partial charge in [-0.15, -0.1) is 0 Å². The summed E-state index contributed by atoms with van der Waals surface area (Å²) < 4.78 is 5.34. The molecule has 0 spiro atoms. The second-order valence-electron chi connectivity index (χ2n) is 5.49. The lowest BCUT2D eigenvalue weighted by Crippen LogP contribution is -2.34. The lowest BCUT2D eigenvalue weighted by atomic mass is 9.86. The van der Waals surface area contributed by atoms with E-state index >= 15 is 0 Å². The summed E-state index contributed by atoms with van der Waals surface area (Å²) in [6.45, 7) is 0.535. The third kappa shape index (κ3) is 2.62. The zero-order valence-electron chi connectivity index (χ0n) is 11.6. The van der Waals surface area contributed by atoms with Gasteiger partial charge in [0.05, 0.1) is 17.6 Å². The van der Waals surface area contributed by atoms with E-state index in [0.717, 1.165) is 24.9 Å². The molecule has 1 saturated carbocycles. The first-order valence-corrected chi connectivity index (χ1v) is 7.21. The molecule has 1 saturated heterocycles. The number of benzene rings is 1. The molecule has 1 aliphatic heterocycles. The molecule has 0 aromatic heterocycles. The first kappa shape index (κ1) is 13.6. The van der Waals surface area contributed by atoms with Crippen molar-refractivity contribution >= 4 is 17.6 Å². The molecule has 0 N–H and O–H groups in total. The molecule has 5 heteroatoms. The summed E-state index contributed by atoms with van der Waals surface area (Å²) in [4.78, 5) is 25.7. The van der Waals surface area contributed by atoms with Gasteiger partial charge >= 0.3 is 5.97 Å². The number of nitrogens with zero attached hydrogens (tertiary/aromatic N) is 2. The molecule has 2 aliphatic rings. The molecule has 1 atom stereocenters. The number of anilines is 1. The van der Waals surface area contributed by atoms with E-state index < -0.39 is 6.10 Å². The van der Waals surface area contributed by atoms with Crippen LogP contribution < -0.4 is 4.90 Å². The Hall–Kier alpha value is -2.35. The number of nitriles is 1. The van der Waals surface area contributed by atoms with E-state index in [0.29, 0.717) is 18.5 Å². The highest BCUT2D eigenvalue weighted by molar-refractivity contribution is 5.99. The molecule has 1 amide bonds. The Balaban J connectivity index is 1.65. The van der Waals surface area contributed by atoms with Crippen molar-refractivity contribution in [2.45, 2.75) is 31.8 Å². The average Bonchev–Trinajstić information content (AvgIpc) is 2.78. The molecule has 0 bridgehead atoms. The Morgan fingerprint density at radius 1 is 1.24 bits per heavy atom. The number of hydrogen-bond donors (Lipinski definition) is 0. The molecule has 21 heavy (non-hydrogen) atoms. The summed E-state index contributed by atoms with van der Waals surface area (Å²) >= 11 is 0. The summed E-state index contributed by atoms with van der Waals surface area (Å²) in [6, 6.07) is 8.88. The van der Waals surface area contributed by atoms with Gasteiger partial charge in [0, 0.05) is 18.7 Å². The lowest BCUT2D eigenvalue weighted by molar-refractivity contribution is -0.160. The summed E-state index contributed by atoms with van der Waals surface area (Å²) in [6.07, 6.45) is 2.68. The van der Waals surface area contributed by atoms with Crippen LogP contribution in [0, 0.1) is 17.2 Å². The largest absolute Gasteiger partial charge is 0.452 e. The zero-order valence-corrected chi connectivity index (χ0v) is 11.6. The quantitative estimate of drug-likeness (QED) is 0.796. The molecule has 1 aliphatic carbocycles. The third-order valence-electron chi connectivity index (χ3n) is 4.16. The van der Waals surface area contributed by atoms with E-state index in [2.05, 4.69) is 0 Å². The Kier molecular flexibility index (Phi) is 3.61. The lowest BCUT2D eigenvalue weighted by Gasteiger charge is -2.24. The van der Waals surface area contributed by atoms with E-state index in [1.165, 1.54) is 0 Å². The number of ether oxygens (including phenoxy) is 1. The van der Waals surface area contributed by atoms with Crippen LogP contribution in [0.15, 0.2) is 24.3 Å². The predicted molar refractivity (Wildman–Crippen MR) is 75.3 cm³/mol. The van der Waals surface area contributed by atoms with Gasteiger partial charge in [0.2, 0.25) is 0 Å². The van der Waals surface area contributed by atoms with Crippen LogP contribution in [0.3, 0.4) is 0 Å². The number of carbonyl (C=O) groups excluding carboxylic acids is 2. The highest BCUT2D eigenvalue weighted by Gasteiger charge is 2.37. The topological polar surface area (TPSA) is 70.4 Å². The standard InChI is InChI=1S/C16H16N2O3/c17-10-11-4-6-13(7-5-11)18-9-8-14(15(18)19)21-16(20)12-2-1-3-12/h4-7,12,14H,1-3,8-9H2/t14-/m0/s1. The summed E-state index contributed by atoms with van der Waals surface area (Å²) in [5, 5.41) is 8.78. The van der Waals surface area contributed by atoms with Crippen molar-refractivity contribution in [1.29, 1.82) is 5.26 Å². The van der Waals surface area contributed by atoms with Crippen molar-refractivity contribution in [1.82, 2.24) is 0 Å². The van der Waals surface area contributed by atoms with E-state index in [1.54, 1.807) is 29.2 Å². The van der Waals surface area contributed by atoms with Gasteiger partial charge in [-0.05, 0) is 37.1 Å². The van der Waals surface area contributed by atoms with Gasteiger partial charge in [0.1, 0.15) is 0 Å². The smallest absolute Gasteiger partial charge is 0.309 e. The Morgan fingerprint density at radius 2 is 1.95 bits per heavy atom. The minimum Gasteiger partial charge on any atom is -0.452 e. The van der Waals surface area contributed by atoms with Crippen molar-refractivity contribution in [2.75, 3.05) is 11.4 Å². The number of hydrogen-bond acceptors (Lipinski definition) is 4. The molecular weight excluding hydrogens is 268 g/mol. The first-order chi connectivity index (χ1) is 10.2. The predicted octanol–water partition coefficient (Wildman–Crippen LogP) is 2.01. The maximum absolute atomic E-state index is 12.3. The van der Waals surface area contributed by atoms with Crippen LogP contribution in [0.1, 0.15) is 31.2 Å². The summed E-state index contributed by atoms with van der Waals surface area (Å²) in [5.41, 5.74) is 1.29. The van der Waals surface area contributed by atoms with Gasteiger partial charge < -0.3 is 9.64 Å². The van der Waals surface area contributed by atoms with Crippen molar-refractivity contribution in [2.24, 2.45) is 5.92 Å². The second-order valence-corrected chi connectivity index (χ2v) is 5.49. The number of amides is 1. The van der Waals surface area contributed by atoms with Gasteiger partial charge in [0.15, 0.2) is 6.10 Å². The average molecular weight is 284 g/mol. The van der Waals surface area contributed by atoms with Gasteiger partial charge in [0.25, 0.3) is 5.91 Å². The SMILES string of the molecule is N#Cc1ccc(N2CC[C@H](OC(=O)C3CCC3)C2=O)cc1. The molecular formula is C16H16N2O3. The Morgan fingerprint density at radius 3 is 2.52 bits per heavy atom. The molecule has 1 aromatic rings. The number of rotatable bonds is 3. The molecule has 0 unspecified atom stereocenters. The van der Waals surface area contributed by atoms with Crippen LogP contribution in [0.5, 0.6) is 0 Å².